The Labute approximate surface area is 214 Å². The summed E-state index contributed by atoms with van der Waals surface area (Å²) in [4.78, 5) is 40.3. The van der Waals surface area contributed by atoms with Crippen LogP contribution >= 0.6 is 0 Å². The predicted molar refractivity (Wildman–Crippen MR) is 137 cm³/mol. The number of nitrogens with zero attached hydrogens (tertiary/aromatic N) is 5. The lowest BCUT2D eigenvalue weighted by molar-refractivity contribution is 0.0598. The average Bonchev–Trinajstić information content (AvgIpc) is 3.41. The molecule has 9 heteroatoms. The highest BCUT2D eigenvalue weighted by atomic mass is 16.5. The molecule has 0 unspecified atom stereocenters. The first-order valence-electron chi connectivity index (χ1n) is 12.3. The maximum Gasteiger partial charge on any atom is 0.254 e. The third-order valence-electron chi connectivity index (χ3n) is 6.37. The largest absolute Gasteiger partial charge is 0.439 e. The number of carbonyl (C=O) groups is 2. The average molecular weight is 497 g/mol. The van der Waals surface area contributed by atoms with E-state index in [1.165, 1.54) is 0 Å². The number of likely N-dealkylation sites (tertiary alicyclic amines) is 1. The van der Waals surface area contributed by atoms with Gasteiger partial charge in [-0.05, 0) is 68.1 Å². The molecule has 1 atom stereocenters. The van der Waals surface area contributed by atoms with Gasteiger partial charge in [0.25, 0.3) is 5.91 Å². The van der Waals surface area contributed by atoms with E-state index in [4.69, 9.17) is 10.5 Å². The van der Waals surface area contributed by atoms with Crippen molar-refractivity contribution in [2.24, 2.45) is 5.73 Å². The van der Waals surface area contributed by atoms with Gasteiger partial charge in [-0.2, -0.15) is 4.98 Å². The van der Waals surface area contributed by atoms with Crippen molar-refractivity contribution < 1.29 is 14.3 Å². The Hall–Kier alpha value is -4.53. The zero-order valence-electron chi connectivity index (χ0n) is 20.6. The van der Waals surface area contributed by atoms with Crippen LogP contribution < -0.4 is 10.5 Å². The monoisotopic (exact) mass is 496 g/mol. The quantitative estimate of drug-likeness (QED) is 0.408. The molecule has 1 saturated heterocycles. The van der Waals surface area contributed by atoms with Gasteiger partial charge in [-0.3, -0.25) is 9.59 Å². The molecule has 3 heterocycles. The number of rotatable bonds is 7. The number of hydrogen-bond donors (Lipinski definition) is 1. The van der Waals surface area contributed by atoms with Gasteiger partial charge in [0.15, 0.2) is 5.82 Å². The number of aromatic nitrogens is 4. The number of carbonyl (C=O) groups excluding carboxylic acids is 2. The number of primary amides is 1. The fourth-order valence-corrected chi connectivity index (χ4v) is 4.57. The number of hydrogen-bond acceptors (Lipinski definition) is 6. The molecule has 0 spiro atoms. The first kappa shape index (κ1) is 24.2. The van der Waals surface area contributed by atoms with Crippen LogP contribution in [-0.4, -0.2) is 42.8 Å². The first-order chi connectivity index (χ1) is 18.0. The minimum absolute atomic E-state index is 0.0354. The Bertz CT molecular complexity index is 1400. The van der Waals surface area contributed by atoms with Crippen LogP contribution in [0.1, 0.15) is 63.1 Å². The summed E-state index contributed by atoms with van der Waals surface area (Å²) in [5.41, 5.74) is 8.14. The summed E-state index contributed by atoms with van der Waals surface area (Å²) in [6.07, 6.45) is 8.08. The lowest BCUT2D eigenvalue weighted by atomic mass is 9.99. The van der Waals surface area contributed by atoms with Crippen molar-refractivity contribution in [1.82, 2.24) is 24.4 Å². The molecular formula is C28H28N6O3. The second kappa shape index (κ2) is 10.6. The highest BCUT2D eigenvalue weighted by Crippen LogP contribution is 2.32. The minimum atomic E-state index is -0.499. The number of imidazole rings is 1. The van der Waals surface area contributed by atoms with Crippen LogP contribution in [-0.2, 0) is 6.54 Å². The zero-order valence-corrected chi connectivity index (χ0v) is 20.6. The molecule has 2 aromatic carbocycles. The van der Waals surface area contributed by atoms with Gasteiger partial charge in [0, 0.05) is 48.4 Å². The number of nitrogens with two attached hydrogens (primary N) is 1. The van der Waals surface area contributed by atoms with E-state index in [-0.39, 0.29) is 11.9 Å². The van der Waals surface area contributed by atoms with Gasteiger partial charge in [-0.1, -0.05) is 12.1 Å². The molecule has 4 aromatic rings. The Balaban J connectivity index is 1.38. The third kappa shape index (κ3) is 5.66. The molecule has 2 amide bonds. The summed E-state index contributed by atoms with van der Waals surface area (Å²) in [5, 5.41) is 0. The SMILES string of the molecule is Cc1cc(Oc2ccc(C(N)=O)cc2)nc([C@H]2CCCCN2C(=O)c2cccc(Cn3ccnc3)c2)n1. The van der Waals surface area contributed by atoms with Gasteiger partial charge in [0.2, 0.25) is 11.8 Å². The van der Waals surface area contributed by atoms with Crippen molar-refractivity contribution in [2.45, 2.75) is 38.8 Å². The highest BCUT2D eigenvalue weighted by molar-refractivity contribution is 5.94. The van der Waals surface area contributed by atoms with Crippen LogP contribution in [0.5, 0.6) is 11.6 Å². The van der Waals surface area contributed by atoms with Gasteiger partial charge in [0.1, 0.15) is 5.75 Å². The molecule has 2 aromatic heterocycles. The maximum absolute atomic E-state index is 13.7. The van der Waals surface area contributed by atoms with Crippen LogP contribution in [0.15, 0.2) is 73.3 Å². The van der Waals surface area contributed by atoms with Gasteiger partial charge < -0.3 is 19.9 Å². The highest BCUT2D eigenvalue weighted by Gasteiger charge is 2.31. The van der Waals surface area contributed by atoms with E-state index < -0.39 is 5.91 Å². The molecular weight excluding hydrogens is 468 g/mol. The first-order valence-corrected chi connectivity index (χ1v) is 12.3. The molecule has 0 aliphatic carbocycles. The van der Waals surface area contributed by atoms with E-state index in [0.717, 1.165) is 30.5 Å². The predicted octanol–water partition coefficient (Wildman–Crippen LogP) is 4.29. The molecule has 1 fully saturated rings. The molecule has 1 aliphatic rings. The number of ether oxygens (including phenoxy) is 1. The van der Waals surface area contributed by atoms with E-state index in [0.29, 0.717) is 41.7 Å². The van der Waals surface area contributed by atoms with E-state index >= 15 is 0 Å². The smallest absolute Gasteiger partial charge is 0.254 e. The Morgan fingerprint density at radius 2 is 1.89 bits per heavy atom. The molecule has 37 heavy (non-hydrogen) atoms. The van der Waals surface area contributed by atoms with Crippen LogP contribution in [0.25, 0.3) is 0 Å². The molecule has 0 radical (unpaired) electrons. The van der Waals surface area contributed by atoms with E-state index in [1.54, 1.807) is 42.9 Å². The van der Waals surface area contributed by atoms with Crippen molar-refractivity contribution in [3.63, 3.8) is 0 Å². The van der Waals surface area contributed by atoms with Gasteiger partial charge in [-0.25, -0.2) is 9.97 Å². The molecule has 0 saturated carbocycles. The molecule has 9 nitrogen and oxygen atoms in total. The van der Waals surface area contributed by atoms with Crippen molar-refractivity contribution in [3.8, 4) is 11.6 Å². The standard InChI is InChI=1S/C28H28N6O3/c1-19-15-25(37-23-10-8-21(9-11-23)26(29)35)32-27(31-19)24-7-2-3-13-34(24)28(36)22-6-4-5-20(16-22)17-33-14-12-30-18-33/h4-6,8-12,14-16,18,24H,2-3,7,13,17H2,1H3,(H2,29,35)/t24-/m1/s1. The van der Waals surface area contributed by atoms with Crippen LogP contribution in [0, 0.1) is 6.92 Å². The fraction of sp³-hybridized carbons (Fsp3) is 0.250. The summed E-state index contributed by atoms with van der Waals surface area (Å²) in [6.45, 7) is 3.16. The molecule has 0 bridgehead atoms. The fourth-order valence-electron chi connectivity index (χ4n) is 4.57. The van der Waals surface area contributed by atoms with E-state index in [2.05, 4.69) is 15.0 Å². The van der Waals surface area contributed by atoms with Gasteiger partial charge in [0.05, 0.1) is 12.4 Å². The number of benzene rings is 2. The van der Waals surface area contributed by atoms with Crippen molar-refractivity contribution in [1.29, 1.82) is 0 Å². The van der Waals surface area contributed by atoms with Crippen LogP contribution in [0.2, 0.25) is 0 Å². The normalized spacial score (nSPS) is 15.4. The summed E-state index contributed by atoms with van der Waals surface area (Å²) in [6, 6.07) is 15.8. The summed E-state index contributed by atoms with van der Waals surface area (Å²) >= 11 is 0. The Kier molecular flexibility index (Phi) is 6.93. The van der Waals surface area contributed by atoms with Crippen LogP contribution in [0.4, 0.5) is 0 Å². The molecule has 188 valence electrons. The van der Waals surface area contributed by atoms with Crippen molar-refractivity contribution >= 4 is 11.8 Å². The van der Waals surface area contributed by atoms with E-state index in [1.807, 2.05) is 46.9 Å². The lowest BCUT2D eigenvalue weighted by Crippen LogP contribution is -2.39. The Morgan fingerprint density at radius 1 is 1.05 bits per heavy atom. The van der Waals surface area contributed by atoms with Crippen molar-refractivity contribution in [3.05, 3.63) is 102 Å². The van der Waals surface area contributed by atoms with E-state index in [9.17, 15) is 9.59 Å². The number of piperidine rings is 1. The number of amides is 2. The minimum Gasteiger partial charge on any atom is -0.439 e. The second-order valence-electron chi connectivity index (χ2n) is 9.14. The van der Waals surface area contributed by atoms with Crippen LogP contribution in [0.3, 0.4) is 0 Å². The topological polar surface area (TPSA) is 116 Å². The lowest BCUT2D eigenvalue weighted by Gasteiger charge is -2.35. The second-order valence-corrected chi connectivity index (χ2v) is 9.14. The van der Waals surface area contributed by atoms with Gasteiger partial charge >= 0.3 is 0 Å². The zero-order chi connectivity index (χ0) is 25.8. The van der Waals surface area contributed by atoms with Gasteiger partial charge in [-0.15, -0.1) is 0 Å². The number of aryl methyl sites for hydroxylation is 1. The summed E-state index contributed by atoms with van der Waals surface area (Å²) in [7, 11) is 0. The Morgan fingerprint density at radius 3 is 2.65 bits per heavy atom. The summed E-state index contributed by atoms with van der Waals surface area (Å²) < 4.78 is 7.93. The molecule has 2 N–H and O–H groups in total. The maximum atomic E-state index is 13.7. The van der Waals surface area contributed by atoms with Crippen molar-refractivity contribution in [2.75, 3.05) is 6.54 Å². The molecule has 5 rings (SSSR count). The molecule has 1 aliphatic heterocycles. The third-order valence-corrected chi connectivity index (χ3v) is 6.37. The summed E-state index contributed by atoms with van der Waals surface area (Å²) in [5.74, 6) is 0.939.